The Hall–Kier alpha value is 0.197. The van der Waals surface area contributed by atoms with Gasteiger partial charge in [0.1, 0.15) is 5.75 Å². The van der Waals surface area contributed by atoms with Gasteiger partial charge < -0.3 is 4.43 Å². The van der Waals surface area contributed by atoms with Crippen LogP contribution in [0.15, 0.2) is 27.1 Å². The number of rotatable bonds is 1. The van der Waals surface area contributed by atoms with Crippen LogP contribution in [0.3, 0.4) is 0 Å². The van der Waals surface area contributed by atoms with Crippen LogP contribution in [-0.2, 0) is 0 Å². The zero-order chi connectivity index (χ0) is 7.56. The zero-order valence-electron chi connectivity index (χ0n) is 5.40. The fourth-order valence-electron chi connectivity index (χ4n) is 0.678. The first kappa shape index (κ1) is 8.29. The van der Waals surface area contributed by atoms with E-state index in [-0.39, 0.29) is 0 Å². The molecule has 0 saturated heterocycles. The molecule has 0 bridgehead atoms. The molecule has 0 N–H and O–H groups in total. The van der Waals surface area contributed by atoms with Crippen LogP contribution in [-0.4, -0.2) is 10.5 Å². The normalized spacial score (nSPS) is 9.80. The van der Waals surface area contributed by atoms with E-state index in [9.17, 15) is 0 Å². The van der Waals surface area contributed by atoms with Crippen molar-refractivity contribution in [3.8, 4) is 5.75 Å². The third-order valence-corrected chi connectivity index (χ3v) is 2.78. The highest BCUT2D eigenvalue weighted by molar-refractivity contribution is 9.11. The molecule has 0 fully saturated rings. The summed E-state index contributed by atoms with van der Waals surface area (Å²) in [4.78, 5) is 0. The summed E-state index contributed by atoms with van der Waals surface area (Å²) in [5.41, 5.74) is 0. The summed E-state index contributed by atoms with van der Waals surface area (Å²) in [5, 5.41) is 0. The van der Waals surface area contributed by atoms with Gasteiger partial charge in [-0.15, -0.1) is 0 Å². The van der Waals surface area contributed by atoms with Gasteiger partial charge in [0.05, 0.1) is 8.95 Å². The van der Waals surface area contributed by atoms with Crippen molar-refractivity contribution in [3.63, 3.8) is 0 Å². The van der Waals surface area contributed by atoms with Crippen LogP contribution < -0.4 is 4.43 Å². The van der Waals surface area contributed by atoms with Crippen molar-refractivity contribution in [3.05, 3.63) is 27.1 Å². The molecular weight excluding hydrogens is 276 g/mol. The maximum Gasteiger partial charge on any atom is 0.204 e. The molecule has 54 valence electrons. The standard InChI is InChI=1S/C6H6Br2OSi/c7-4-2-1-3-5(8)6(4)9-10/h1-3H,10H3. The highest BCUT2D eigenvalue weighted by Crippen LogP contribution is 2.31. The molecule has 10 heavy (non-hydrogen) atoms. The molecule has 0 amide bonds. The molecule has 4 heteroatoms. The first-order valence-electron chi connectivity index (χ1n) is 2.73. The van der Waals surface area contributed by atoms with Gasteiger partial charge in [-0.3, -0.25) is 0 Å². The van der Waals surface area contributed by atoms with Gasteiger partial charge in [-0.25, -0.2) is 0 Å². The Balaban J connectivity index is 3.17. The Labute approximate surface area is 79.6 Å². The van der Waals surface area contributed by atoms with Gasteiger partial charge in [-0.1, -0.05) is 6.07 Å². The predicted octanol–water partition coefficient (Wildman–Crippen LogP) is 1.87. The van der Waals surface area contributed by atoms with E-state index in [0.29, 0.717) is 10.5 Å². The van der Waals surface area contributed by atoms with E-state index in [2.05, 4.69) is 31.9 Å². The lowest BCUT2D eigenvalue weighted by atomic mass is 10.3. The molecule has 1 rings (SSSR count). The molecule has 0 aliphatic carbocycles. The predicted molar refractivity (Wildman–Crippen MR) is 52.4 cm³/mol. The maximum atomic E-state index is 5.22. The lowest BCUT2D eigenvalue weighted by Crippen LogP contribution is -1.86. The maximum absolute atomic E-state index is 5.22. The number of para-hydroxylation sites is 1. The molecule has 0 spiro atoms. The number of hydrogen-bond acceptors (Lipinski definition) is 1. The van der Waals surface area contributed by atoms with Crippen LogP contribution in [0, 0.1) is 0 Å². The second-order valence-corrected chi connectivity index (χ2v) is 3.87. The summed E-state index contributed by atoms with van der Waals surface area (Å²) in [6, 6.07) is 5.87. The Morgan fingerprint density at radius 3 is 2.00 bits per heavy atom. The third kappa shape index (κ3) is 1.62. The topological polar surface area (TPSA) is 9.23 Å². The monoisotopic (exact) mass is 280 g/mol. The third-order valence-electron chi connectivity index (χ3n) is 1.12. The van der Waals surface area contributed by atoms with Gasteiger partial charge in [-0.05, 0) is 44.0 Å². The summed E-state index contributed by atoms with van der Waals surface area (Å²) in [5.74, 6) is 0.897. The molecule has 0 aliphatic heterocycles. The molecule has 1 aromatic rings. The van der Waals surface area contributed by atoms with E-state index in [4.69, 9.17) is 4.43 Å². The Bertz CT molecular complexity index is 219. The van der Waals surface area contributed by atoms with Crippen molar-refractivity contribution in [2.75, 3.05) is 0 Å². The average Bonchev–Trinajstić information content (AvgIpc) is 1.88. The van der Waals surface area contributed by atoms with Gasteiger partial charge >= 0.3 is 0 Å². The Kier molecular flexibility index (Phi) is 2.94. The van der Waals surface area contributed by atoms with Crippen molar-refractivity contribution >= 4 is 42.3 Å². The largest absolute Gasteiger partial charge is 0.552 e. The van der Waals surface area contributed by atoms with Gasteiger partial charge in [0.2, 0.25) is 10.5 Å². The highest BCUT2D eigenvalue weighted by atomic mass is 79.9. The van der Waals surface area contributed by atoms with Gasteiger partial charge in [-0.2, -0.15) is 0 Å². The van der Waals surface area contributed by atoms with Crippen molar-refractivity contribution in [1.82, 2.24) is 0 Å². The quantitative estimate of drug-likeness (QED) is 0.714. The molecule has 0 aliphatic rings. The first-order valence-corrected chi connectivity index (χ1v) is 5.14. The molecule has 0 radical (unpaired) electrons. The molecule has 0 aromatic heterocycles. The Morgan fingerprint density at radius 1 is 1.20 bits per heavy atom. The number of benzene rings is 1. The highest BCUT2D eigenvalue weighted by Gasteiger charge is 2.01. The summed E-state index contributed by atoms with van der Waals surface area (Å²) < 4.78 is 7.22. The SMILES string of the molecule is [SiH3]Oc1c(Br)cccc1Br. The molecule has 0 atom stereocenters. The molecule has 0 saturated carbocycles. The lowest BCUT2D eigenvalue weighted by molar-refractivity contribution is 0.608. The average molecular weight is 282 g/mol. The summed E-state index contributed by atoms with van der Waals surface area (Å²) in [6.45, 7) is 0. The van der Waals surface area contributed by atoms with E-state index >= 15 is 0 Å². The molecule has 0 unspecified atom stereocenters. The van der Waals surface area contributed by atoms with Crippen molar-refractivity contribution in [1.29, 1.82) is 0 Å². The molecule has 1 nitrogen and oxygen atoms in total. The number of halogens is 2. The smallest absolute Gasteiger partial charge is 0.204 e. The lowest BCUT2D eigenvalue weighted by Gasteiger charge is -2.04. The van der Waals surface area contributed by atoms with Crippen molar-refractivity contribution in [2.45, 2.75) is 0 Å². The fourth-order valence-corrected chi connectivity index (χ4v) is 3.04. The van der Waals surface area contributed by atoms with Crippen LogP contribution in [0.25, 0.3) is 0 Å². The molecular formula is C6H6Br2OSi. The van der Waals surface area contributed by atoms with Crippen molar-refractivity contribution in [2.24, 2.45) is 0 Å². The van der Waals surface area contributed by atoms with Gasteiger partial charge in [0.15, 0.2) is 0 Å². The van der Waals surface area contributed by atoms with E-state index < -0.39 is 0 Å². The van der Waals surface area contributed by atoms with Crippen molar-refractivity contribution < 1.29 is 4.43 Å². The minimum atomic E-state index is 0.714. The van der Waals surface area contributed by atoms with Gasteiger partial charge in [0, 0.05) is 0 Å². The van der Waals surface area contributed by atoms with E-state index in [1.54, 1.807) is 0 Å². The number of hydrogen-bond donors (Lipinski definition) is 0. The van der Waals surface area contributed by atoms with E-state index in [0.717, 1.165) is 14.7 Å². The minimum Gasteiger partial charge on any atom is -0.552 e. The first-order chi connectivity index (χ1) is 4.75. The van der Waals surface area contributed by atoms with E-state index in [1.165, 1.54) is 0 Å². The van der Waals surface area contributed by atoms with Crippen LogP contribution in [0.5, 0.6) is 5.75 Å². The van der Waals surface area contributed by atoms with Gasteiger partial charge in [0.25, 0.3) is 0 Å². The Morgan fingerprint density at radius 2 is 1.70 bits per heavy atom. The zero-order valence-corrected chi connectivity index (χ0v) is 10.6. The summed E-state index contributed by atoms with van der Waals surface area (Å²) in [7, 11) is 0.714. The molecule has 1 aromatic carbocycles. The summed E-state index contributed by atoms with van der Waals surface area (Å²) in [6.07, 6.45) is 0. The minimum absolute atomic E-state index is 0.714. The fraction of sp³-hybridized carbons (Fsp3) is 0. The second-order valence-electron chi connectivity index (χ2n) is 1.75. The van der Waals surface area contributed by atoms with Crippen LogP contribution in [0.4, 0.5) is 0 Å². The van der Waals surface area contributed by atoms with Crippen LogP contribution in [0.2, 0.25) is 0 Å². The molecule has 0 heterocycles. The van der Waals surface area contributed by atoms with E-state index in [1.807, 2.05) is 18.2 Å². The second kappa shape index (κ2) is 3.55. The van der Waals surface area contributed by atoms with Crippen LogP contribution >= 0.6 is 31.9 Å². The van der Waals surface area contributed by atoms with Crippen LogP contribution in [0.1, 0.15) is 0 Å². The summed E-state index contributed by atoms with van der Waals surface area (Å²) >= 11 is 6.75.